The number of carbonyl (C=O) groups is 1. The van der Waals surface area contributed by atoms with Crippen molar-refractivity contribution in [3.63, 3.8) is 0 Å². The molecule has 1 N–H and O–H groups in total. The number of aryl methyl sites for hydroxylation is 2. The number of benzene rings is 1. The minimum absolute atomic E-state index is 0.132. The van der Waals surface area contributed by atoms with Crippen LogP contribution >= 0.6 is 11.3 Å². The number of hydrogen-bond donors (Lipinski definition) is 1. The van der Waals surface area contributed by atoms with Gasteiger partial charge in [-0.15, -0.1) is 11.3 Å². The van der Waals surface area contributed by atoms with E-state index in [2.05, 4.69) is 52.5 Å². The van der Waals surface area contributed by atoms with Gasteiger partial charge in [-0.05, 0) is 44.6 Å². The van der Waals surface area contributed by atoms with E-state index in [-0.39, 0.29) is 11.9 Å². The molecule has 1 aliphatic carbocycles. The second kappa shape index (κ2) is 7.62. The fraction of sp³-hybridized carbons (Fsp3) is 0.429. The Balaban J connectivity index is 1.25. The van der Waals surface area contributed by atoms with Gasteiger partial charge in [-0.3, -0.25) is 9.20 Å². The first-order valence-electron chi connectivity index (χ1n) is 9.47. The number of nitrogens with zero attached hydrogens (tertiary/aromatic N) is 2. The normalized spacial score (nSPS) is 15.3. The van der Waals surface area contributed by atoms with E-state index in [0.29, 0.717) is 12.3 Å². The van der Waals surface area contributed by atoms with Crippen LogP contribution in [-0.4, -0.2) is 21.3 Å². The Morgan fingerprint density at radius 1 is 1.31 bits per heavy atom. The van der Waals surface area contributed by atoms with Crippen LogP contribution in [0, 0.1) is 0 Å². The molecule has 4 rings (SSSR count). The molecule has 1 fully saturated rings. The SMILES string of the molecule is C[C@H](CCc1ccccc1)NC(=O)CCc1csc2nc(C3CC3)cn12. The second-order valence-corrected chi connectivity index (χ2v) is 8.15. The molecule has 0 saturated heterocycles. The smallest absolute Gasteiger partial charge is 0.220 e. The first-order chi connectivity index (χ1) is 12.7. The molecule has 26 heavy (non-hydrogen) atoms. The van der Waals surface area contributed by atoms with E-state index in [1.165, 1.54) is 29.8 Å². The fourth-order valence-electron chi connectivity index (χ4n) is 3.29. The number of aromatic nitrogens is 2. The van der Waals surface area contributed by atoms with Crippen molar-refractivity contribution in [3.05, 3.63) is 58.9 Å². The van der Waals surface area contributed by atoms with E-state index in [4.69, 9.17) is 4.98 Å². The van der Waals surface area contributed by atoms with Gasteiger partial charge in [-0.1, -0.05) is 30.3 Å². The lowest BCUT2D eigenvalue weighted by atomic mass is 10.1. The Morgan fingerprint density at radius 2 is 2.12 bits per heavy atom. The lowest BCUT2D eigenvalue weighted by Gasteiger charge is -2.13. The molecule has 0 unspecified atom stereocenters. The minimum atomic E-state index is 0.132. The molecule has 136 valence electrons. The number of carbonyl (C=O) groups excluding carboxylic acids is 1. The zero-order valence-electron chi connectivity index (χ0n) is 15.1. The topological polar surface area (TPSA) is 46.4 Å². The maximum Gasteiger partial charge on any atom is 0.220 e. The van der Waals surface area contributed by atoms with E-state index in [9.17, 15) is 4.79 Å². The third kappa shape index (κ3) is 4.15. The summed E-state index contributed by atoms with van der Waals surface area (Å²) >= 11 is 1.67. The average molecular weight is 368 g/mol. The first-order valence-corrected chi connectivity index (χ1v) is 10.4. The number of hydrogen-bond acceptors (Lipinski definition) is 3. The fourth-order valence-corrected chi connectivity index (χ4v) is 4.21. The molecule has 1 amide bonds. The summed E-state index contributed by atoms with van der Waals surface area (Å²) < 4.78 is 2.17. The summed E-state index contributed by atoms with van der Waals surface area (Å²) in [5.74, 6) is 0.802. The molecule has 1 saturated carbocycles. The Bertz CT molecular complexity index is 879. The van der Waals surface area contributed by atoms with E-state index in [1.807, 2.05) is 6.07 Å². The van der Waals surface area contributed by atoms with Crippen LogP contribution in [-0.2, 0) is 17.6 Å². The molecule has 1 atom stereocenters. The molecule has 0 radical (unpaired) electrons. The number of nitrogens with one attached hydrogen (secondary N) is 1. The quantitative estimate of drug-likeness (QED) is 0.644. The van der Waals surface area contributed by atoms with E-state index < -0.39 is 0 Å². The summed E-state index contributed by atoms with van der Waals surface area (Å²) in [6.07, 6.45) is 7.94. The number of fused-ring (bicyclic) bond motifs is 1. The molecule has 1 aromatic carbocycles. The molecule has 2 heterocycles. The van der Waals surface area contributed by atoms with Crippen LogP contribution in [0.15, 0.2) is 41.9 Å². The Kier molecular flexibility index (Phi) is 5.07. The first kappa shape index (κ1) is 17.3. The third-order valence-corrected chi connectivity index (χ3v) is 5.91. The summed E-state index contributed by atoms with van der Waals surface area (Å²) in [6.45, 7) is 2.08. The average Bonchev–Trinajstić information content (AvgIpc) is 3.30. The highest BCUT2D eigenvalue weighted by atomic mass is 32.1. The molecule has 0 bridgehead atoms. The maximum absolute atomic E-state index is 12.3. The second-order valence-electron chi connectivity index (χ2n) is 7.31. The van der Waals surface area contributed by atoms with Crippen LogP contribution in [0.3, 0.4) is 0 Å². The van der Waals surface area contributed by atoms with Crippen LogP contribution in [0.5, 0.6) is 0 Å². The number of amides is 1. The van der Waals surface area contributed by atoms with Crippen molar-refractivity contribution >= 4 is 22.2 Å². The van der Waals surface area contributed by atoms with Gasteiger partial charge in [0.15, 0.2) is 4.96 Å². The van der Waals surface area contributed by atoms with Gasteiger partial charge in [0.2, 0.25) is 5.91 Å². The van der Waals surface area contributed by atoms with Gasteiger partial charge in [-0.2, -0.15) is 0 Å². The van der Waals surface area contributed by atoms with Gasteiger partial charge in [0.25, 0.3) is 0 Å². The van der Waals surface area contributed by atoms with Gasteiger partial charge in [0, 0.05) is 35.7 Å². The molecule has 2 aromatic heterocycles. The molecular weight excluding hydrogens is 342 g/mol. The third-order valence-electron chi connectivity index (χ3n) is 5.02. The summed E-state index contributed by atoms with van der Waals surface area (Å²) in [4.78, 5) is 18.0. The summed E-state index contributed by atoms with van der Waals surface area (Å²) in [6, 6.07) is 10.6. The molecule has 1 aliphatic rings. The molecule has 3 aromatic rings. The van der Waals surface area contributed by atoms with Crippen molar-refractivity contribution in [2.75, 3.05) is 0 Å². The van der Waals surface area contributed by atoms with Gasteiger partial charge in [0.1, 0.15) is 0 Å². The number of thiazole rings is 1. The minimum Gasteiger partial charge on any atom is -0.354 e. The highest BCUT2D eigenvalue weighted by Gasteiger charge is 2.26. The summed E-state index contributed by atoms with van der Waals surface area (Å²) in [5, 5.41) is 5.26. The molecule has 4 nitrogen and oxygen atoms in total. The zero-order chi connectivity index (χ0) is 17.9. The van der Waals surface area contributed by atoms with E-state index in [0.717, 1.165) is 24.2 Å². The number of imidazole rings is 1. The number of rotatable bonds is 8. The van der Waals surface area contributed by atoms with Crippen LogP contribution < -0.4 is 5.32 Å². The van der Waals surface area contributed by atoms with Crippen molar-refractivity contribution in [1.29, 1.82) is 0 Å². The zero-order valence-corrected chi connectivity index (χ0v) is 16.0. The van der Waals surface area contributed by atoms with Crippen molar-refractivity contribution < 1.29 is 4.79 Å². The van der Waals surface area contributed by atoms with Gasteiger partial charge in [-0.25, -0.2) is 4.98 Å². The highest BCUT2D eigenvalue weighted by Crippen LogP contribution is 2.40. The lowest BCUT2D eigenvalue weighted by molar-refractivity contribution is -0.121. The van der Waals surface area contributed by atoms with Crippen molar-refractivity contribution in [2.45, 2.75) is 57.4 Å². The van der Waals surface area contributed by atoms with Crippen molar-refractivity contribution in [2.24, 2.45) is 0 Å². The Morgan fingerprint density at radius 3 is 2.88 bits per heavy atom. The van der Waals surface area contributed by atoms with Crippen molar-refractivity contribution in [3.8, 4) is 0 Å². The van der Waals surface area contributed by atoms with Crippen LogP contribution in [0.2, 0.25) is 0 Å². The lowest BCUT2D eigenvalue weighted by Crippen LogP contribution is -2.33. The van der Waals surface area contributed by atoms with Gasteiger partial charge >= 0.3 is 0 Å². The summed E-state index contributed by atoms with van der Waals surface area (Å²) in [7, 11) is 0. The maximum atomic E-state index is 12.3. The van der Waals surface area contributed by atoms with Gasteiger partial charge in [0.05, 0.1) is 5.69 Å². The van der Waals surface area contributed by atoms with E-state index in [1.54, 1.807) is 11.3 Å². The standard InChI is InChI=1S/C21H25N3OS/c1-15(7-8-16-5-3-2-4-6-16)22-20(25)12-11-18-14-26-21-23-19(13-24(18)21)17-9-10-17/h2-6,13-15,17H,7-12H2,1H3,(H,22,25)/t15-/m1/s1. The van der Waals surface area contributed by atoms with Crippen LogP contribution in [0.25, 0.3) is 4.96 Å². The summed E-state index contributed by atoms with van der Waals surface area (Å²) in [5.41, 5.74) is 3.73. The van der Waals surface area contributed by atoms with Crippen LogP contribution in [0.4, 0.5) is 0 Å². The highest BCUT2D eigenvalue weighted by molar-refractivity contribution is 7.15. The Hall–Kier alpha value is -2.14. The Labute approximate surface area is 158 Å². The molecule has 5 heteroatoms. The van der Waals surface area contributed by atoms with E-state index >= 15 is 0 Å². The monoisotopic (exact) mass is 367 g/mol. The van der Waals surface area contributed by atoms with Crippen molar-refractivity contribution in [1.82, 2.24) is 14.7 Å². The molecular formula is C21H25N3OS. The largest absolute Gasteiger partial charge is 0.354 e. The molecule has 0 aliphatic heterocycles. The van der Waals surface area contributed by atoms with Crippen LogP contribution in [0.1, 0.15) is 55.5 Å². The predicted molar refractivity (Wildman–Crippen MR) is 106 cm³/mol. The van der Waals surface area contributed by atoms with Gasteiger partial charge < -0.3 is 5.32 Å². The molecule has 0 spiro atoms. The predicted octanol–water partition coefficient (Wildman–Crippen LogP) is 4.34.